The molecule has 4 nitrogen and oxygen atoms in total. The minimum absolute atomic E-state index is 0.327. The van der Waals surface area contributed by atoms with Gasteiger partial charge in [0.1, 0.15) is 0 Å². The maximum Gasteiger partial charge on any atom is 0.219 e. The second-order valence-corrected chi connectivity index (χ2v) is 8.63. The van der Waals surface area contributed by atoms with Crippen molar-refractivity contribution in [2.24, 2.45) is 5.92 Å². The second-order valence-electron chi connectivity index (χ2n) is 6.42. The van der Waals surface area contributed by atoms with E-state index in [1.54, 1.807) is 4.31 Å². The lowest BCUT2D eigenvalue weighted by Gasteiger charge is -2.34. The average molecular weight is 323 g/mol. The molecule has 2 saturated heterocycles. The van der Waals surface area contributed by atoms with Gasteiger partial charge in [-0.05, 0) is 43.6 Å². The van der Waals surface area contributed by atoms with Gasteiger partial charge < -0.3 is 4.74 Å². The van der Waals surface area contributed by atoms with Crippen LogP contribution in [0.1, 0.15) is 31.2 Å². The summed E-state index contributed by atoms with van der Waals surface area (Å²) in [4.78, 5) is 0. The van der Waals surface area contributed by atoms with Gasteiger partial charge in [-0.1, -0.05) is 30.3 Å². The quantitative estimate of drug-likeness (QED) is 0.855. The molecular formula is C17H25NO3S. The first kappa shape index (κ1) is 16.0. The van der Waals surface area contributed by atoms with E-state index in [0.717, 1.165) is 32.1 Å². The molecule has 0 spiro atoms. The molecule has 0 aromatic heterocycles. The molecule has 2 fully saturated rings. The molecule has 22 heavy (non-hydrogen) atoms. The standard InChI is InChI=1S/C17H25NO3S/c19-22(20,17-7-4-12-21-14-17)18-10-8-16(9-11-18)13-15-5-2-1-3-6-15/h1-3,5-6,16-17H,4,7-14H2/t17-/m0/s1. The zero-order chi connectivity index (χ0) is 15.4. The molecule has 122 valence electrons. The van der Waals surface area contributed by atoms with Crippen molar-refractivity contribution in [3.63, 3.8) is 0 Å². The minimum atomic E-state index is -3.17. The van der Waals surface area contributed by atoms with Gasteiger partial charge in [0.15, 0.2) is 0 Å². The molecule has 0 saturated carbocycles. The predicted octanol–water partition coefficient (Wildman–Crippen LogP) is 2.45. The highest BCUT2D eigenvalue weighted by atomic mass is 32.2. The average Bonchev–Trinajstić information content (AvgIpc) is 2.57. The summed E-state index contributed by atoms with van der Waals surface area (Å²) >= 11 is 0. The monoisotopic (exact) mass is 323 g/mol. The molecule has 0 bridgehead atoms. The summed E-state index contributed by atoms with van der Waals surface area (Å²) < 4.78 is 32.4. The summed E-state index contributed by atoms with van der Waals surface area (Å²) in [7, 11) is -3.17. The van der Waals surface area contributed by atoms with Crippen molar-refractivity contribution in [3.8, 4) is 0 Å². The topological polar surface area (TPSA) is 46.6 Å². The maximum atomic E-state index is 12.7. The van der Waals surface area contributed by atoms with Crippen LogP contribution in [0.15, 0.2) is 30.3 Å². The number of hydrogen-bond acceptors (Lipinski definition) is 3. The smallest absolute Gasteiger partial charge is 0.219 e. The summed E-state index contributed by atoms with van der Waals surface area (Å²) in [5.41, 5.74) is 1.35. The Morgan fingerprint density at radius 3 is 2.45 bits per heavy atom. The zero-order valence-corrected chi connectivity index (χ0v) is 13.8. The van der Waals surface area contributed by atoms with Crippen molar-refractivity contribution in [3.05, 3.63) is 35.9 Å². The first-order chi connectivity index (χ1) is 10.7. The van der Waals surface area contributed by atoms with Crippen LogP contribution in [0.5, 0.6) is 0 Å². The molecule has 0 amide bonds. The van der Waals surface area contributed by atoms with E-state index in [2.05, 4.69) is 24.3 Å². The predicted molar refractivity (Wildman–Crippen MR) is 87.2 cm³/mol. The lowest BCUT2D eigenvalue weighted by Crippen LogP contribution is -2.46. The maximum absolute atomic E-state index is 12.7. The van der Waals surface area contributed by atoms with Crippen LogP contribution in [0.2, 0.25) is 0 Å². The number of nitrogens with zero attached hydrogens (tertiary/aromatic N) is 1. The van der Waals surface area contributed by atoms with E-state index in [4.69, 9.17) is 4.74 Å². The third-order valence-electron chi connectivity index (χ3n) is 4.84. The van der Waals surface area contributed by atoms with Crippen LogP contribution in [0.25, 0.3) is 0 Å². The van der Waals surface area contributed by atoms with Crippen LogP contribution in [-0.2, 0) is 21.2 Å². The highest BCUT2D eigenvalue weighted by Gasteiger charge is 2.35. The van der Waals surface area contributed by atoms with E-state index in [9.17, 15) is 8.42 Å². The van der Waals surface area contributed by atoms with Crippen LogP contribution in [0, 0.1) is 5.92 Å². The first-order valence-electron chi connectivity index (χ1n) is 8.27. The SMILES string of the molecule is O=S(=O)([C@H]1CCCOC1)N1CCC(Cc2ccccc2)CC1. The van der Waals surface area contributed by atoms with Crippen LogP contribution in [0.3, 0.4) is 0 Å². The Morgan fingerprint density at radius 1 is 1.09 bits per heavy atom. The Balaban J connectivity index is 1.54. The molecular weight excluding hydrogens is 298 g/mol. The van der Waals surface area contributed by atoms with Crippen molar-refractivity contribution < 1.29 is 13.2 Å². The van der Waals surface area contributed by atoms with Crippen LogP contribution in [-0.4, -0.2) is 44.3 Å². The van der Waals surface area contributed by atoms with E-state index < -0.39 is 10.0 Å². The van der Waals surface area contributed by atoms with Gasteiger partial charge in [0.25, 0.3) is 0 Å². The summed E-state index contributed by atoms with van der Waals surface area (Å²) in [6, 6.07) is 10.5. The Morgan fingerprint density at radius 2 is 1.82 bits per heavy atom. The molecule has 1 aromatic carbocycles. The van der Waals surface area contributed by atoms with Gasteiger partial charge in [0.2, 0.25) is 10.0 Å². The van der Waals surface area contributed by atoms with Crippen molar-refractivity contribution in [1.82, 2.24) is 4.31 Å². The number of piperidine rings is 1. The highest BCUT2D eigenvalue weighted by Crippen LogP contribution is 2.26. The van der Waals surface area contributed by atoms with Gasteiger partial charge >= 0.3 is 0 Å². The minimum Gasteiger partial charge on any atom is -0.380 e. The van der Waals surface area contributed by atoms with Gasteiger partial charge in [0.05, 0.1) is 11.9 Å². The zero-order valence-electron chi connectivity index (χ0n) is 13.0. The van der Waals surface area contributed by atoms with Crippen molar-refractivity contribution >= 4 is 10.0 Å². The Hall–Kier alpha value is -0.910. The fourth-order valence-corrected chi connectivity index (χ4v) is 5.35. The van der Waals surface area contributed by atoms with Crippen LogP contribution in [0.4, 0.5) is 0 Å². The summed E-state index contributed by atoms with van der Waals surface area (Å²) in [5.74, 6) is 0.594. The number of sulfonamides is 1. The van der Waals surface area contributed by atoms with E-state index >= 15 is 0 Å². The lowest BCUT2D eigenvalue weighted by atomic mass is 9.91. The lowest BCUT2D eigenvalue weighted by molar-refractivity contribution is 0.0968. The number of rotatable bonds is 4. The van der Waals surface area contributed by atoms with Crippen molar-refractivity contribution in [2.75, 3.05) is 26.3 Å². The van der Waals surface area contributed by atoms with Gasteiger partial charge in [-0.15, -0.1) is 0 Å². The third-order valence-corrected chi connectivity index (χ3v) is 7.14. The van der Waals surface area contributed by atoms with Gasteiger partial charge in [0, 0.05) is 19.7 Å². The third kappa shape index (κ3) is 3.70. The number of benzene rings is 1. The first-order valence-corrected chi connectivity index (χ1v) is 9.77. The van der Waals surface area contributed by atoms with Gasteiger partial charge in [-0.25, -0.2) is 12.7 Å². The van der Waals surface area contributed by atoms with Crippen LogP contribution >= 0.6 is 0 Å². The van der Waals surface area contributed by atoms with E-state index in [-0.39, 0.29) is 5.25 Å². The normalized spacial score (nSPS) is 25.2. The molecule has 0 unspecified atom stereocenters. The highest BCUT2D eigenvalue weighted by molar-refractivity contribution is 7.89. The molecule has 3 rings (SSSR count). The number of ether oxygens (including phenoxy) is 1. The van der Waals surface area contributed by atoms with Crippen LogP contribution < -0.4 is 0 Å². The molecule has 2 aliphatic rings. The molecule has 0 radical (unpaired) electrons. The largest absolute Gasteiger partial charge is 0.380 e. The second kappa shape index (κ2) is 7.11. The molecule has 5 heteroatoms. The summed E-state index contributed by atoms with van der Waals surface area (Å²) in [6.45, 7) is 2.39. The Labute approximate surface area is 133 Å². The molecule has 1 aromatic rings. The van der Waals surface area contributed by atoms with Gasteiger partial charge in [-0.2, -0.15) is 0 Å². The fraction of sp³-hybridized carbons (Fsp3) is 0.647. The molecule has 2 heterocycles. The van der Waals surface area contributed by atoms with Crippen molar-refractivity contribution in [2.45, 2.75) is 37.4 Å². The molecule has 1 atom stereocenters. The summed E-state index contributed by atoms with van der Waals surface area (Å²) in [6.07, 6.45) is 4.57. The fourth-order valence-electron chi connectivity index (χ4n) is 3.47. The van der Waals surface area contributed by atoms with E-state index in [0.29, 0.717) is 32.2 Å². The Kier molecular flexibility index (Phi) is 5.16. The number of hydrogen-bond donors (Lipinski definition) is 0. The Bertz CT molecular complexity index is 559. The van der Waals surface area contributed by atoms with E-state index in [1.807, 2.05) is 6.07 Å². The summed E-state index contributed by atoms with van der Waals surface area (Å²) in [5, 5.41) is -0.327. The van der Waals surface area contributed by atoms with E-state index in [1.165, 1.54) is 5.56 Å². The van der Waals surface area contributed by atoms with Crippen molar-refractivity contribution in [1.29, 1.82) is 0 Å². The molecule has 0 N–H and O–H groups in total. The van der Waals surface area contributed by atoms with Gasteiger partial charge in [-0.3, -0.25) is 0 Å². The molecule has 0 aliphatic carbocycles. The molecule has 2 aliphatic heterocycles.